The lowest BCUT2D eigenvalue weighted by atomic mass is 10.3. The summed E-state index contributed by atoms with van der Waals surface area (Å²) in [6.45, 7) is -3.12. The Kier molecular flexibility index (Phi) is 3.27. The molecule has 1 aromatic carbocycles. The van der Waals surface area contributed by atoms with Gasteiger partial charge in [0.05, 0.1) is 5.02 Å². The highest BCUT2D eigenvalue weighted by molar-refractivity contribution is 6.35. The molecule has 1 nitrogen and oxygen atoms in total. The van der Waals surface area contributed by atoms with E-state index in [-0.39, 0.29) is 10.0 Å². The largest absolute Gasteiger partial charge is 0.430 e. The van der Waals surface area contributed by atoms with E-state index in [0.717, 1.165) is 12.1 Å². The van der Waals surface area contributed by atoms with Crippen LogP contribution in [-0.2, 0) is 0 Å². The van der Waals surface area contributed by atoms with Crippen molar-refractivity contribution in [1.82, 2.24) is 0 Å². The number of hydrogen-bond donors (Lipinski definition) is 0. The van der Waals surface area contributed by atoms with Crippen molar-refractivity contribution in [3.05, 3.63) is 28.0 Å². The molecule has 0 bridgehead atoms. The Balaban J connectivity index is 3.06. The SMILES string of the molecule is Fc1cc(Cl)cc(Cl)c1OC(F)F. The third kappa shape index (κ3) is 2.67. The fraction of sp³-hybridized carbons (Fsp3) is 0.143. The average molecular weight is 231 g/mol. The summed E-state index contributed by atoms with van der Waals surface area (Å²) in [7, 11) is 0. The summed E-state index contributed by atoms with van der Waals surface area (Å²) in [5.41, 5.74) is 0. The van der Waals surface area contributed by atoms with Gasteiger partial charge in [-0.1, -0.05) is 23.2 Å². The van der Waals surface area contributed by atoms with Gasteiger partial charge in [0.25, 0.3) is 0 Å². The smallest absolute Gasteiger partial charge is 0.387 e. The highest BCUT2D eigenvalue weighted by atomic mass is 35.5. The monoisotopic (exact) mass is 230 g/mol. The van der Waals surface area contributed by atoms with Crippen molar-refractivity contribution in [2.45, 2.75) is 6.61 Å². The Hall–Kier alpha value is -0.610. The molecular formula is C7H3Cl2F3O. The van der Waals surface area contributed by atoms with Gasteiger partial charge >= 0.3 is 6.61 Å². The highest BCUT2D eigenvalue weighted by Gasteiger charge is 2.14. The summed E-state index contributed by atoms with van der Waals surface area (Å²) >= 11 is 10.8. The molecule has 0 fully saturated rings. The van der Waals surface area contributed by atoms with Gasteiger partial charge in [-0.2, -0.15) is 8.78 Å². The van der Waals surface area contributed by atoms with Crippen LogP contribution >= 0.6 is 23.2 Å². The molecule has 0 heterocycles. The molecule has 0 atom stereocenters. The minimum atomic E-state index is -3.12. The molecule has 0 N–H and O–H groups in total. The average Bonchev–Trinajstić information content (AvgIpc) is 1.96. The van der Waals surface area contributed by atoms with E-state index in [9.17, 15) is 13.2 Å². The van der Waals surface area contributed by atoms with E-state index in [4.69, 9.17) is 23.2 Å². The van der Waals surface area contributed by atoms with Gasteiger partial charge in [0, 0.05) is 5.02 Å². The van der Waals surface area contributed by atoms with Crippen LogP contribution in [0.2, 0.25) is 10.0 Å². The Morgan fingerprint density at radius 3 is 2.31 bits per heavy atom. The standard InChI is InChI=1S/C7H3Cl2F3O/c8-3-1-4(9)6(5(10)2-3)13-7(11)12/h1-2,7H. The molecule has 0 aliphatic heterocycles. The zero-order valence-corrected chi connectivity index (χ0v) is 7.54. The number of rotatable bonds is 2. The first-order valence-corrected chi connectivity index (χ1v) is 3.85. The molecule has 0 saturated heterocycles. The van der Waals surface area contributed by atoms with Crippen molar-refractivity contribution in [2.24, 2.45) is 0 Å². The van der Waals surface area contributed by atoms with Gasteiger partial charge in [-0.3, -0.25) is 0 Å². The molecular weight excluding hydrogens is 228 g/mol. The van der Waals surface area contributed by atoms with E-state index in [1.165, 1.54) is 0 Å². The van der Waals surface area contributed by atoms with E-state index >= 15 is 0 Å². The topological polar surface area (TPSA) is 9.23 Å². The van der Waals surface area contributed by atoms with Crippen LogP contribution in [0.3, 0.4) is 0 Å². The molecule has 1 aromatic rings. The Labute approximate surface area is 82.0 Å². The molecule has 0 radical (unpaired) electrons. The molecule has 0 aromatic heterocycles. The molecule has 0 spiro atoms. The second-order valence-electron chi connectivity index (χ2n) is 2.08. The molecule has 1 rings (SSSR count). The van der Waals surface area contributed by atoms with Crippen molar-refractivity contribution in [2.75, 3.05) is 0 Å². The molecule has 6 heteroatoms. The van der Waals surface area contributed by atoms with Gasteiger partial charge < -0.3 is 4.74 Å². The molecule has 72 valence electrons. The second-order valence-corrected chi connectivity index (χ2v) is 2.92. The molecule has 0 aliphatic carbocycles. The fourth-order valence-corrected chi connectivity index (χ4v) is 1.24. The first-order chi connectivity index (χ1) is 6.00. The van der Waals surface area contributed by atoms with E-state index in [1.807, 2.05) is 0 Å². The van der Waals surface area contributed by atoms with Crippen molar-refractivity contribution in [3.8, 4) is 5.75 Å². The van der Waals surface area contributed by atoms with E-state index in [2.05, 4.69) is 4.74 Å². The van der Waals surface area contributed by atoms with Crippen LogP contribution in [-0.4, -0.2) is 6.61 Å². The zero-order chi connectivity index (χ0) is 10.0. The number of halogens is 5. The third-order valence-electron chi connectivity index (χ3n) is 1.17. The molecule has 0 amide bonds. The van der Waals surface area contributed by atoms with Gasteiger partial charge in [0.15, 0.2) is 11.6 Å². The Morgan fingerprint density at radius 1 is 1.23 bits per heavy atom. The van der Waals surface area contributed by atoms with E-state index in [0.29, 0.717) is 0 Å². The van der Waals surface area contributed by atoms with Crippen LogP contribution in [0.1, 0.15) is 0 Å². The zero-order valence-electron chi connectivity index (χ0n) is 6.03. The molecule has 13 heavy (non-hydrogen) atoms. The molecule has 0 saturated carbocycles. The highest BCUT2D eigenvalue weighted by Crippen LogP contribution is 2.32. The predicted octanol–water partition coefficient (Wildman–Crippen LogP) is 3.73. The number of alkyl halides is 2. The van der Waals surface area contributed by atoms with E-state index in [1.54, 1.807) is 0 Å². The number of benzene rings is 1. The van der Waals surface area contributed by atoms with Gasteiger partial charge in [-0.05, 0) is 12.1 Å². The van der Waals surface area contributed by atoms with Crippen molar-refractivity contribution < 1.29 is 17.9 Å². The third-order valence-corrected chi connectivity index (χ3v) is 1.67. The summed E-state index contributed by atoms with van der Waals surface area (Å²) in [5, 5.41) is -0.269. The maximum absolute atomic E-state index is 12.8. The van der Waals surface area contributed by atoms with Gasteiger partial charge in [0.2, 0.25) is 0 Å². The lowest BCUT2D eigenvalue weighted by Crippen LogP contribution is -2.04. The lowest BCUT2D eigenvalue weighted by Gasteiger charge is -2.07. The minimum Gasteiger partial charge on any atom is -0.430 e. The first kappa shape index (κ1) is 10.5. The van der Waals surface area contributed by atoms with Gasteiger partial charge in [0.1, 0.15) is 0 Å². The van der Waals surface area contributed by atoms with Gasteiger partial charge in [-0.25, -0.2) is 4.39 Å². The van der Waals surface area contributed by atoms with E-state index < -0.39 is 18.2 Å². The molecule has 0 unspecified atom stereocenters. The first-order valence-electron chi connectivity index (χ1n) is 3.10. The van der Waals surface area contributed by atoms with Crippen molar-refractivity contribution >= 4 is 23.2 Å². The number of ether oxygens (including phenoxy) is 1. The predicted molar refractivity (Wildman–Crippen MR) is 43.1 cm³/mol. The van der Waals surface area contributed by atoms with Crippen LogP contribution < -0.4 is 4.74 Å². The van der Waals surface area contributed by atoms with Crippen LogP contribution in [0.5, 0.6) is 5.75 Å². The summed E-state index contributed by atoms with van der Waals surface area (Å²) in [6, 6.07) is 1.95. The summed E-state index contributed by atoms with van der Waals surface area (Å²) in [5.74, 6) is -1.71. The maximum Gasteiger partial charge on any atom is 0.387 e. The van der Waals surface area contributed by atoms with Gasteiger partial charge in [-0.15, -0.1) is 0 Å². The maximum atomic E-state index is 12.8. The van der Waals surface area contributed by atoms with Crippen LogP contribution in [0, 0.1) is 5.82 Å². The summed E-state index contributed by atoms with van der Waals surface area (Å²) < 4.78 is 40.1. The summed E-state index contributed by atoms with van der Waals surface area (Å²) in [4.78, 5) is 0. The minimum absolute atomic E-state index is 0.0177. The van der Waals surface area contributed by atoms with Crippen LogP contribution in [0.25, 0.3) is 0 Å². The Morgan fingerprint density at radius 2 is 1.85 bits per heavy atom. The lowest BCUT2D eigenvalue weighted by molar-refractivity contribution is -0.0521. The fourth-order valence-electron chi connectivity index (χ4n) is 0.731. The normalized spacial score (nSPS) is 10.6. The second kappa shape index (κ2) is 4.07. The van der Waals surface area contributed by atoms with Crippen molar-refractivity contribution in [1.29, 1.82) is 0 Å². The quantitative estimate of drug-likeness (QED) is 0.753. The van der Waals surface area contributed by atoms with Crippen LogP contribution in [0.15, 0.2) is 12.1 Å². The van der Waals surface area contributed by atoms with Crippen molar-refractivity contribution in [3.63, 3.8) is 0 Å². The number of hydrogen-bond acceptors (Lipinski definition) is 1. The summed E-state index contributed by atoms with van der Waals surface area (Å²) in [6.07, 6.45) is 0. The molecule has 0 aliphatic rings. The Bertz CT molecular complexity index is 294. The van der Waals surface area contributed by atoms with Crippen LogP contribution in [0.4, 0.5) is 13.2 Å².